The van der Waals surface area contributed by atoms with Crippen LogP contribution in [0.25, 0.3) is 10.9 Å². The van der Waals surface area contributed by atoms with Gasteiger partial charge in [-0.15, -0.1) is 0 Å². The minimum Gasteiger partial charge on any atom is -0.378 e. The van der Waals surface area contributed by atoms with Gasteiger partial charge in [0.2, 0.25) is 0 Å². The number of Topliss-reactive ketones (excluding diaryl/α,β-unsaturated/α-hetero) is 1. The third-order valence-corrected chi connectivity index (χ3v) is 5.43. The minimum absolute atomic E-state index is 0.135. The number of carbonyl (C=O) groups is 1. The maximum Gasteiger partial charge on any atom is 0.166 e. The van der Waals surface area contributed by atoms with Crippen LogP contribution in [0.3, 0.4) is 0 Å². The highest BCUT2D eigenvalue weighted by atomic mass is 16.5. The Labute approximate surface area is 130 Å². The van der Waals surface area contributed by atoms with Crippen LogP contribution >= 0.6 is 0 Å². The van der Waals surface area contributed by atoms with Gasteiger partial charge in [0.1, 0.15) is 0 Å². The number of nitrogens with zero attached hydrogens (tertiary/aromatic N) is 2. The molecule has 0 radical (unpaired) electrons. The lowest BCUT2D eigenvalue weighted by Crippen LogP contribution is -2.55. The predicted molar refractivity (Wildman–Crippen MR) is 86.1 cm³/mol. The summed E-state index contributed by atoms with van der Waals surface area (Å²) in [5.74, 6) is 0.437. The highest BCUT2D eigenvalue weighted by molar-refractivity contribution is 6.01. The molecule has 4 heteroatoms. The molecule has 2 saturated heterocycles. The molecular weight excluding hydrogens is 276 g/mol. The van der Waals surface area contributed by atoms with Crippen LogP contribution in [0.5, 0.6) is 0 Å². The highest BCUT2D eigenvalue weighted by Gasteiger charge is 2.39. The standard InChI is InChI=1S/C18H22N2O2/c1-19-6-5-12-7-13(3-4-17(12)19)18(21)14-8-15-10-22-11-16(9-14)20(15)2/h3-7,14-16H,8-11H2,1-2H3. The van der Waals surface area contributed by atoms with E-state index >= 15 is 0 Å². The van der Waals surface area contributed by atoms with Crippen LogP contribution in [0.15, 0.2) is 30.5 Å². The first kappa shape index (κ1) is 14.0. The molecule has 3 heterocycles. The van der Waals surface area contributed by atoms with Gasteiger partial charge in [-0.25, -0.2) is 0 Å². The average molecular weight is 298 g/mol. The van der Waals surface area contributed by atoms with Crippen molar-refractivity contribution in [1.29, 1.82) is 0 Å². The van der Waals surface area contributed by atoms with Crippen molar-refractivity contribution in [2.24, 2.45) is 13.0 Å². The molecule has 0 amide bonds. The Kier molecular flexibility index (Phi) is 3.31. The summed E-state index contributed by atoms with van der Waals surface area (Å²) < 4.78 is 7.73. The molecular formula is C18H22N2O2. The van der Waals surface area contributed by atoms with E-state index in [-0.39, 0.29) is 5.92 Å². The summed E-state index contributed by atoms with van der Waals surface area (Å²) in [7, 11) is 4.19. The molecule has 0 saturated carbocycles. The summed E-state index contributed by atoms with van der Waals surface area (Å²) in [5.41, 5.74) is 2.03. The molecule has 2 bridgehead atoms. The Morgan fingerprint density at radius 1 is 1.14 bits per heavy atom. The van der Waals surface area contributed by atoms with Crippen molar-refractivity contribution in [3.63, 3.8) is 0 Å². The van der Waals surface area contributed by atoms with Gasteiger partial charge >= 0.3 is 0 Å². The van der Waals surface area contributed by atoms with E-state index in [0.717, 1.165) is 37.0 Å². The zero-order valence-electron chi connectivity index (χ0n) is 13.2. The molecule has 2 atom stereocenters. The van der Waals surface area contributed by atoms with Gasteiger partial charge in [-0.1, -0.05) is 0 Å². The van der Waals surface area contributed by atoms with Crippen LogP contribution < -0.4 is 0 Å². The molecule has 22 heavy (non-hydrogen) atoms. The van der Waals surface area contributed by atoms with E-state index in [2.05, 4.69) is 28.6 Å². The number of ketones is 1. The first-order chi connectivity index (χ1) is 10.6. The molecule has 2 aromatic rings. The fraction of sp³-hybridized carbons (Fsp3) is 0.500. The van der Waals surface area contributed by atoms with Crippen LogP contribution in [0.1, 0.15) is 23.2 Å². The summed E-state index contributed by atoms with van der Waals surface area (Å²) in [6.07, 6.45) is 3.87. The van der Waals surface area contributed by atoms with Crippen LogP contribution in [0.2, 0.25) is 0 Å². The normalized spacial score (nSPS) is 28.9. The smallest absolute Gasteiger partial charge is 0.166 e. The van der Waals surface area contributed by atoms with Gasteiger partial charge < -0.3 is 9.30 Å². The fourth-order valence-electron chi connectivity index (χ4n) is 3.98. The monoisotopic (exact) mass is 298 g/mol. The SMILES string of the molecule is CN1C2COCC1CC(C(=O)c1ccc3c(ccn3C)c1)C2. The Hall–Kier alpha value is -1.65. The number of hydrogen-bond donors (Lipinski definition) is 0. The van der Waals surface area contributed by atoms with Crippen molar-refractivity contribution in [3.05, 3.63) is 36.0 Å². The minimum atomic E-state index is 0.135. The molecule has 0 aliphatic carbocycles. The molecule has 2 fully saturated rings. The van der Waals surface area contributed by atoms with Crippen LogP contribution in [0.4, 0.5) is 0 Å². The summed E-state index contributed by atoms with van der Waals surface area (Å²) in [5, 5.41) is 1.14. The maximum absolute atomic E-state index is 12.9. The van der Waals surface area contributed by atoms with Crippen molar-refractivity contribution >= 4 is 16.7 Å². The van der Waals surface area contributed by atoms with Crippen LogP contribution in [0, 0.1) is 5.92 Å². The van der Waals surface area contributed by atoms with Crippen LogP contribution in [-0.2, 0) is 11.8 Å². The van der Waals surface area contributed by atoms with E-state index in [1.165, 1.54) is 5.52 Å². The zero-order chi connectivity index (χ0) is 15.3. The number of aromatic nitrogens is 1. The molecule has 4 nitrogen and oxygen atoms in total. The molecule has 2 aliphatic heterocycles. The van der Waals surface area contributed by atoms with Crippen molar-refractivity contribution in [2.45, 2.75) is 24.9 Å². The summed E-state index contributed by atoms with van der Waals surface area (Å²) in [4.78, 5) is 15.3. The third-order valence-electron chi connectivity index (χ3n) is 5.43. The second kappa shape index (κ2) is 5.21. The number of fused-ring (bicyclic) bond motifs is 3. The Morgan fingerprint density at radius 2 is 1.86 bits per heavy atom. The van der Waals surface area contributed by atoms with E-state index in [9.17, 15) is 4.79 Å². The first-order valence-electron chi connectivity index (χ1n) is 8.02. The van der Waals surface area contributed by atoms with E-state index in [0.29, 0.717) is 17.9 Å². The molecule has 116 valence electrons. The average Bonchev–Trinajstić information content (AvgIpc) is 2.87. The lowest BCUT2D eigenvalue weighted by molar-refractivity contribution is -0.0702. The molecule has 1 aromatic carbocycles. The number of ether oxygens (including phenoxy) is 1. The van der Waals surface area contributed by atoms with E-state index in [1.54, 1.807) is 0 Å². The summed E-state index contributed by atoms with van der Waals surface area (Å²) in [6, 6.07) is 8.94. The predicted octanol–water partition coefficient (Wildman–Crippen LogP) is 2.47. The van der Waals surface area contributed by atoms with Gasteiger partial charge in [0.05, 0.1) is 13.2 Å². The van der Waals surface area contributed by atoms with E-state index in [4.69, 9.17) is 4.74 Å². The Balaban J connectivity index is 1.60. The topological polar surface area (TPSA) is 34.5 Å². The third kappa shape index (κ3) is 2.18. The number of likely N-dealkylation sites (N-methyl/N-ethyl adjacent to an activating group) is 1. The van der Waals surface area contributed by atoms with Crippen molar-refractivity contribution in [2.75, 3.05) is 20.3 Å². The Bertz CT molecular complexity index is 707. The van der Waals surface area contributed by atoms with Gasteiger partial charge in [0, 0.05) is 47.7 Å². The molecule has 2 aliphatic rings. The van der Waals surface area contributed by atoms with Crippen molar-refractivity contribution < 1.29 is 9.53 Å². The number of hydrogen-bond acceptors (Lipinski definition) is 3. The second-order valence-corrected chi connectivity index (χ2v) is 6.74. The van der Waals surface area contributed by atoms with Crippen LogP contribution in [-0.4, -0.2) is 47.6 Å². The number of aryl methyl sites for hydroxylation is 1. The summed E-state index contributed by atoms with van der Waals surface area (Å²) in [6.45, 7) is 1.52. The van der Waals surface area contributed by atoms with Gasteiger partial charge in [0.15, 0.2) is 5.78 Å². The molecule has 0 N–H and O–H groups in total. The van der Waals surface area contributed by atoms with Gasteiger partial charge in [0.25, 0.3) is 0 Å². The molecule has 0 spiro atoms. The molecule has 2 unspecified atom stereocenters. The summed E-state index contributed by atoms with van der Waals surface area (Å²) >= 11 is 0. The molecule has 4 rings (SSSR count). The number of morpholine rings is 1. The highest BCUT2D eigenvalue weighted by Crippen LogP contribution is 2.32. The van der Waals surface area contributed by atoms with E-state index < -0.39 is 0 Å². The fourth-order valence-corrected chi connectivity index (χ4v) is 3.98. The quantitative estimate of drug-likeness (QED) is 0.799. The lowest BCUT2D eigenvalue weighted by Gasteiger charge is -2.46. The van der Waals surface area contributed by atoms with Gasteiger partial charge in [-0.3, -0.25) is 9.69 Å². The Morgan fingerprint density at radius 3 is 2.59 bits per heavy atom. The maximum atomic E-state index is 12.9. The molecule has 1 aromatic heterocycles. The van der Waals surface area contributed by atoms with Crippen molar-refractivity contribution in [1.82, 2.24) is 9.47 Å². The largest absolute Gasteiger partial charge is 0.378 e. The number of piperidine rings is 1. The number of rotatable bonds is 2. The van der Waals surface area contributed by atoms with Crippen molar-refractivity contribution in [3.8, 4) is 0 Å². The second-order valence-electron chi connectivity index (χ2n) is 6.74. The van der Waals surface area contributed by atoms with Gasteiger partial charge in [-0.2, -0.15) is 0 Å². The lowest BCUT2D eigenvalue weighted by atomic mass is 9.81. The van der Waals surface area contributed by atoms with Gasteiger partial charge in [-0.05, 0) is 44.2 Å². The number of benzene rings is 1. The first-order valence-corrected chi connectivity index (χ1v) is 8.02. The zero-order valence-corrected chi connectivity index (χ0v) is 13.2. The number of carbonyl (C=O) groups excluding carboxylic acids is 1. The van der Waals surface area contributed by atoms with E-state index in [1.807, 2.05) is 25.4 Å².